The molecule has 2 aliphatic rings. The van der Waals surface area contributed by atoms with Gasteiger partial charge in [-0.3, -0.25) is 9.48 Å². The maximum atomic E-state index is 13.3. The molecule has 1 aliphatic carbocycles. The Hall–Kier alpha value is -2.01. The minimum Gasteiger partial charge on any atom is -0.381 e. The van der Waals surface area contributed by atoms with E-state index in [-0.39, 0.29) is 22.0 Å². The van der Waals surface area contributed by atoms with Gasteiger partial charge >= 0.3 is 0 Å². The van der Waals surface area contributed by atoms with Crippen LogP contribution < -0.4 is 5.32 Å². The van der Waals surface area contributed by atoms with Crippen molar-refractivity contribution in [1.29, 1.82) is 0 Å². The highest BCUT2D eigenvalue weighted by atomic mass is 35.5. The van der Waals surface area contributed by atoms with Crippen molar-refractivity contribution in [1.82, 2.24) is 14.8 Å². The number of thiazole rings is 1. The summed E-state index contributed by atoms with van der Waals surface area (Å²) in [5.41, 5.74) is 0.626. The number of nitrogens with zero attached hydrogens (tertiary/aromatic N) is 3. The van der Waals surface area contributed by atoms with Gasteiger partial charge in [-0.2, -0.15) is 5.10 Å². The smallest absolute Gasteiger partial charge is 0.251 e. The number of hydrogen-bond acceptors (Lipinski definition) is 7. The zero-order chi connectivity index (χ0) is 22.3. The molecule has 8 nitrogen and oxygen atoms in total. The number of hydrogen-bond donors (Lipinski definition) is 1. The van der Waals surface area contributed by atoms with Crippen LogP contribution in [0.3, 0.4) is 0 Å². The molecule has 2 aromatic heterocycles. The second-order valence-corrected chi connectivity index (χ2v) is 12.2. The number of aromatic nitrogens is 3. The van der Waals surface area contributed by atoms with Gasteiger partial charge in [-0.1, -0.05) is 29.0 Å². The molecule has 0 radical (unpaired) electrons. The van der Waals surface area contributed by atoms with E-state index < -0.39 is 15.9 Å². The van der Waals surface area contributed by atoms with E-state index in [9.17, 15) is 13.2 Å². The number of anilines is 1. The van der Waals surface area contributed by atoms with Crippen molar-refractivity contribution in [2.24, 2.45) is 5.92 Å². The molecule has 1 saturated carbocycles. The maximum absolute atomic E-state index is 13.3. The summed E-state index contributed by atoms with van der Waals surface area (Å²) in [6.07, 6.45) is 6.87. The Kier molecular flexibility index (Phi) is 5.96. The van der Waals surface area contributed by atoms with Crippen molar-refractivity contribution in [3.63, 3.8) is 0 Å². The van der Waals surface area contributed by atoms with Gasteiger partial charge in [0, 0.05) is 18.6 Å². The van der Waals surface area contributed by atoms with Gasteiger partial charge in [0.05, 0.1) is 28.1 Å². The van der Waals surface area contributed by atoms with E-state index in [0.717, 1.165) is 19.4 Å². The number of amides is 1. The first-order valence-electron chi connectivity index (χ1n) is 10.6. The first kappa shape index (κ1) is 21.8. The van der Waals surface area contributed by atoms with Gasteiger partial charge < -0.3 is 10.1 Å². The Morgan fingerprint density at radius 3 is 2.84 bits per heavy atom. The summed E-state index contributed by atoms with van der Waals surface area (Å²) in [5, 5.41) is 7.98. The molecule has 3 aromatic rings. The predicted molar refractivity (Wildman–Crippen MR) is 123 cm³/mol. The fourth-order valence-corrected chi connectivity index (χ4v) is 6.89. The number of nitrogens with one attached hydrogen (secondary N) is 1. The third-order valence-electron chi connectivity index (χ3n) is 5.99. The summed E-state index contributed by atoms with van der Waals surface area (Å²) in [5.74, 6) is -0.0564. The molecule has 2 unspecified atom stereocenters. The maximum Gasteiger partial charge on any atom is 0.251 e. The Morgan fingerprint density at radius 2 is 2.16 bits per heavy atom. The van der Waals surface area contributed by atoms with Crippen LogP contribution in [-0.4, -0.2) is 47.6 Å². The molecule has 1 saturated heterocycles. The van der Waals surface area contributed by atoms with Crippen LogP contribution in [0.5, 0.6) is 0 Å². The number of ether oxygens (including phenoxy) is 1. The molecule has 3 heterocycles. The second kappa shape index (κ2) is 8.74. The highest BCUT2D eigenvalue weighted by Gasteiger charge is 2.38. The predicted octanol–water partition coefficient (Wildman–Crippen LogP) is 4.08. The van der Waals surface area contributed by atoms with Gasteiger partial charge in [0.15, 0.2) is 15.0 Å². The lowest BCUT2D eigenvalue weighted by atomic mass is 9.94. The standard InChI is InChI=1S/C21H23ClN4O4S2/c22-19-11-23-21(31-19)25-20(27)17(9-13-3-2-8-30-12-13)26-16-4-1-5-18(15(16)10-24-26)32(28,29)14-6-7-14/h1,4-5,10-11,13-14,17H,2-3,6-9,12H2,(H,23,25,27). The van der Waals surface area contributed by atoms with Gasteiger partial charge in [-0.05, 0) is 50.2 Å². The van der Waals surface area contributed by atoms with Crippen molar-refractivity contribution in [3.8, 4) is 0 Å². The lowest BCUT2D eigenvalue weighted by Gasteiger charge is -2.26. The molecule has 5 rings (SSSR count). The fourth-order valence-electron chi connectivity index (χ4n) is 4.23. The molecule has 0 spiro atoms. The van der Waals surface area contributed by atoms with Crippen molar-refractivity contribution < 1.29 is 17.9 Å². The van der Waals surface area contributed by atoms with E-state index >= 15 is 0 Å². The summed E-state index contributed by atoms with van der Waals surface area (Å²) in [6.45, 7) is 1.32. The molecular formula is C21H23ClN4O4S2. The van der Waals surface area contributed by atoms with Crippen molar-refractivity contribution in [2.45, 2.75) is 48.3 Å². The van der Waals surface area contributed by atoms with Gasteiger partial charge in [0.2, 0.25) is 0 Å². The quantitative estimate of drug-likeness (QED) is 0.530. The third kappa shape index (κ3) is 4.28. The largest absolute Gasteiger partial charge is 0.381 e. The van der Waals surface area contributed by atoms with Crippen LogP contribution in [0.2, 0.25) is 4.34 Å². The molecule has 2 fully saturated rings. The summed E-state index contributed by atoms with van der Waals surface area (Å²) in [4.78, 5) is 17.7. The average molecular weight is 495 g/mol. The van der Waals surface area contributed by atoms with Gasteiger partial charge in [-0.25, -0.2) is 13.4 Å². The number of carbonyl (C=O) groups excluding carboxylic acids is 1. The van der Waals surface area contributed by atoms with Crippen LogP contribution in [0, 0.1) is 5.92 Å². The lowest BCUT2D eigenvalue weighted by Crippen LogP contribution is -2.31. The molecule has 1 aromatic carbocycles. The van der Waals surface area contributed by atoms with Crippen LogP contribution in [0.25, 0.3) is 10.9 Å². The Balaban J connectivity index is 1.52. The van der Waals surface area contributed by atoms with Crippen LogP contribution in [-0.2, 0) is 19.4 Å². The Labute approximate surface area is 194 Å². The minimum atomic E-state index is -3.39. The number of halogens is 1. The fraction of sp³-hybridized carbons (Fsp3) is 0.476. The average Bonchev–Trinajstić information content (AvgIpc) is 3.46. The molecule has 1 aliphatic heterocycles. The van der Waals surface area contributed by atoms with Crippen molar-refractivity contribution in [2.75, 3.05) is 18.5 Å². The molecule has 2 atom stereocenters. The first-order chi connectivity index (χ1) is 15.4. The zero-order valence-electron chi connectivity index (χ0n) is 17.2. The van der Waals surface area contributed by atoms with Crippen LogP contribution >= 0.6 is 22.9 Å². The summed E-state index contributed by atoms with van der Waals surface area (Å²) in [6, 6.07) is 4.52. The monoisotopic (exact) mass is 494 g/mol. The summed E-state index contributed by atoms with van der Waals surface area (Å²) < 4.78 is 33.6. The highest BCUT2D eigenvalue weighted by Crippen LogP contribution is 2.37. The highest BCUT2D eigenvalue weighted by molar-refractivity contribution is 7.92. The molecule has 170 valence electrons. The molecule has 0 bridgehead atoms. The number of rotatable bonds is 7. The number of carbonyl (C=O) groups is 1. The zero-order valence-corrected chi connectivity index (χ0v) is 19.6. The van der Waals surface area contributed by atoms with E-state index in [1.807, 2.05) is 6.07 Å². The number of benzene rings is 1. The Morgan fingerprint density at radius 1 is 1.31 bits per heavy atom. The van der Waals surface area contributed by atoms with E-state index in [2.05, 4.69) is 15.4 Å². The molecule has 11 heteroatoms. The van der Waals surface area contributed by atoms with Gasteiger partial charge in [-0.15, -0.1) is 0 Å². The normalized spacial score (nSPS) is 20.3. The first-order valence-corrected chi connectivity index (χ1v) is 13.4. The molecule has 1 N–H and O–H groups in total. The summed E-state index contributed by atoms with van der Waals surface area (Å²) in [7, 11) is -3.39. The second-order valence-electron chi connectivity index (χ2n) is 8.32. The molecule has 32 heavy (non-hydrogen) atoms. The lowest BCUT2D eigenvalue weighted by molar-refractivity contribution is -0.120. The summed E-state index contributed by atoms with van der Waals surface area (Å²) >= 11 is 7.15. The number of sulfone groups is 1. The number of fused-ring (bicyclic) bond motifs is 1. The van der Waals surface area contributed by atoms with E-state index in [1.54, 1.807) is 23.0 Å². The van der Waals surface area contributed by atoms with Crippen molar-refractivity contribution in [3.05, 3.63) is 34.9 Å². The van der Waals surface area contributed by atoms with E-state index in [1.165, 1.54) is 17.5 Å². The van der Waals surface area contributed by atoms with E-state index in [4.69, 9.17) is 16.3 Å². The van der Waals surface area contributed by atoms with Crippen LogP contribution in [0.4, 0.5) is 5.13 Å². The SMILES string of the molecule is O=C(Nc1ncc(Cl)s1)C(CC1CCCOC1)n1ncc2c(S(=O)(=O)C3CC3)cccc21. The van der Waals surface area contributed by atoms with Gasteiger partial charge in [0.25, 0.3) is 5.91 Å². The van der Waals surface area contributed by atoms with E-state index in [0.29, 0.717) is 46.2 Å². The van der Waals surface area contributed by atoms with Crippen LogP contribution in [0.1, 0.15) is 38.1 Å². The van der Waals surface area contributed by atoms with Crippen LogP contribution in [0.15, 0.2) is 35.5 Å². The topological polar surface area (TPSA) is 103 Å². The minimum absolute atomic E-state index is 0.206. The van der Waals surface area contributed by atoms with Gasteiger partial charge in [0.1, 0.15) is 10.4 Å². The molecule has 1 amide bonds. The van der Waals surface area contributed by atoms with Crippen molar-refractivity contribution >= 4 is 54.7 Å². The Bertz CT molecular complexity index is 1250. The molecular weight excluding hydrogens is 472 g/mol. The third-order valence-corrected chi connectivity index (χ3v) is 9.34.